The molecule has 0 fully saturated rings. The Morgan fingerprint density at radius 3 is 3.06 bits per heavy atom. The molecule has 1 atom stereocenters. The molecule has 0 saturated heterocycles. The van der Waals surface area contributed by atoms with Crippen LogP contribution in [0.1, 0.15) is 19.9 Å². The zero-order chi connectivity index (χ0) is 16.9. The lowest BCUT2D eigenvalue weighted by molar-refractivity contribution is 0.156. The molecule has 0 saturated carbocycles. The normalized spacial score (nSPS) is 20.9. The molecule has 1 heterocycles. The second-order valence-corrected chi connectivity index (χ2v) is 3.70. The van der Waals surface area contributed by atoms with Crippen LogP contribution in [-0.2, 0) is 6.50 Å². The molecule has 2 aromatic rings. The zero-order valence-corrected chi connectivity index (χ0v) is 9.34. The largest absolute Gasteiger partial charge is 0.386 e. The molecule has 5 heteroatoms. The molecule has 16 heavy (non-hydrogen) atoms. The van der Waals surface area contributed by atoms with Crippen molar-refractivity contribution in [2.75, 3.05) is 0 Å². The van der Waals surface area contributed by atoms with Crippen LogP contribution < -0.4 is 0 Å². The van der Waals surface area contributed by atoms with Gasteiger partial charge in [0, 0.05) is 28.0 Å². The predicted octanol–water partition coefficient (Wildman–Crippen LogP) is 2.92. The molecule has 2 rings (SSSR count). The van der Waals surface area contributed by atoms with E-state index in [2.05, 4.69) is 4.98 Å². The van der Waals surface area contributed by atoms with Gasteiger partial charge in [-0.3, -0.25) is 0 Å². The lowest BCUT2D eigenvalue weighted by atomic mass is 10.1. The highest BCUT2D eigenvalue weighted by Crippen LogP contribution is 2.27. The van der Waals surface area contributed by atoms with Crippen molar-refractivity contribution in [3.63, 3.8) is 0 Å². The van der Waals surface area contributed by atoms with E-state index in [0.717, 1.165) is 0 Å². The summed E-state index contributed by atoms with van der Waals surface area (Å²) in [5.41, 5.74) is -0.289. The summed E-state index contributed by atoms with van der Waals surface area (Å²) < 4.78 is 46.8. The summed E-state index contributed by atoms with van der Waals surface area (Å²) in [6.45, 7) is -2.97. The standard InChI is InChI=1S/C11H10Cl2N2O/c12-8-1-2-9(10(13)5-8)11(16)6-15-4-3-14-7-15/h1-5,7,11,16H,6H2/i3D,4D,6D2,7D,11D. The van der Waals surface area contributed by atoms with E-state index < -0.39 is 31.2 Å². The van der Waals surface area contributed by atoms with E-state index in [1.807, 2.05) is 0 Å². The summed E-state index contributed by atoms with van der Waals surface area (Å²) >= 11 is 11.6. The molecule has 0 bridgehead atoms. The number of nitrogens with zero attached hydrogens (tertiary/aromatic N) is 2. The highest BCUT2D eigenvalue weighted by atomic mass is 35.5. The molecule has 0 aliphatic carbocycles. The number of imidazole rings is 1. The number of halogens is 2. The lowest BCUT2D eigenvalue weighted by Crippen LogP contribution is -2.07. The summed E-state index contributed by atoms with van der Waals surface area (Å²) in [6, 6.07) is 3.74. The van der Waals surface area contributed by atoms with Gasteiger partial charge in [0.15, 0.2) is 0 Å². The highest BCUT2D eigenvalue weighted by Gasteiger charge is 2.12. The van der Waals surface area contributed by atoms with Crippen molar-refractivity contribution in [3.8, 4) is 0 Å². The third-order valence-electron chi connectivity index (χ3n) is 1.77. The molecule has 0 spiro atoms. The number of hydrogen-bond acceptors (Lipinski definition) is 2. The summed E-state index contributed by atoms with van der Waals surface area (Å²) in [5.74, 6) is 0. The van der Waals surface area contributed by atoms with Crippen molar-refractivity contribution < 1.29 is 13.3 Å². The molecule has 3 nitrogen and oxygen atoms in total. The quantitative estimate of drug-likeness (QED) is 0.924. The van der Waals surface area contributed by atoms with Crippen molar-refractivity contribution in [1.29, 1.82) is 0 Å². The molecule has 84 valence electrons. The zero-order valence-electron chi connectivity index (χ0n) is 13.8. The van der Waals surface area contributed by atoms with E-state index in [1.54, 1.807) is 0 Å². The van der Waals surface area contributed by atoms with E-state index in [9.17, 15) is 5.11 Å². The van der Waals surface area contributed by atoms with Crippen molar-refractivity contribution in [2.24, 2.45) is 0 Å². The third kappa shape index (κ3) is 2.55. The number of aliphatic hydroxyl groups is 1. The number of hydrogen-bond donors (Lipinski definition) is 1. The molecular weight excluding hydrogens is 247 g/mol. The van der Waals surface area contributed by atoms with Crippen LogP contribution in [0.25, 0.3) is 0 Å². The number of benzene rings is 1. The van der Waals surface area contributed by atoms with Crippen molar-refractivity contribution >= 4 is 23.2 Å². The fourth-order valence-electron chi connectivity index (χ4n) is 1.08. The molecule has 0 radical (unpaired) electrons. The molecule has 1 N–H and O–H groups in total. The van der Waals surface area contributed by atoms with Crippen molar-refractivity contribution in [2.45, 2.75) is 12.6 Å². The van der Waals surface area contributed by atoms with Crippen LogP contribution in [0.15, 0.2) is 36.8 Å². The molecule has 0 amide bonds. The summed E-state index contributed by atoms with van der Waals surface area (Å²) in [7, 11) is 0. The fourth-order valence-corrected chi connectivity index (χ4v) is 1.57. The van der Waals surface area contributed by atoms with E-state index >= 15 is 0 Å². The van der Waals surface area contributed by atoms with Crippen LogP contribution in [0.3, 0.4) is 0 Å². The van der Waals surface area contributed by atoms with Gasteiger partial charge in [-0.05, 0) is 12.1 Å². The maximum absolute atomic E-state index is 10.4. The predicted molar refractivity (Wildman–Crippen MR) is 63.6 cm³/mol. The van der Waals surface area contributed by atoms with Gasteiger partial charge in [0.2, 0.25) is 0 Å². The van der Waals surface area contributed by atoms with E-state index in [0.29, 0.717) is 4.57 Å². The Hall–Kier alpha value is -1.03. The SMILES string of the molecule is [2H]c1nc([2H])n(C([2H])([2H])C([2H])(O)c2ccc(Cl)cc2Cl)c1[2H]. The van der Waals surface area contributed by atoms with Gasteiger partial charge in [-0.25, -0.2) is 4.98 Å². The maximum atomic E-state index is 10.4. The van der Waals surface area contributed by atoms with Gasteiger partial charge < -0.3 is 9.67 Å². The van der Waals surface area contributed by atoms with Crippen molar-refractivity contribution in [3.05, 3.63) is 52.5 Å². The topological polar surface area (TPSA) is 38.0 Å². The van der Waals surface area contributed by atoms with E-state index in [1.165, 1.54) is 18.2 Å². The van der Waals surface area contributed by atoms with Gasteiger partial charge in [-0.2, -0.15) is 0 Å². The Labute approximate surface area is 112 Å². The van der Waals surface area contributed by atoms with Crippen LogP contribution in [0.4, 0.5) is 0 Å². The van der Waals surface area contributed by atoms with Gasteiger partial charge in [-0.1, -0.05) is 29.3 Å². The molecule has 1 unspecified atom stereocenters. The molecule has 0 aliphatic heterocycles. The van der Waals surface area contributed by atoms with Gasteiger partial charge in [0.1, 0.15) is 1.37 Å². The Morgan fingerprint density at radius 1 is 1.62 bits per heavy atom. The minimum absolute atomic E-state index is 0.141. The first-order valence-corrected chi connectivity index (χ1v) is 4.96. The number of rotatable bonds is 3. The monoisotopic (exact) mass is 262 g/mol. The first-order valence-electron chi connectivity index (χ1n) is 7.21. The van der Waals surface area contributed by atoms with Crippen LogP contribution in [-0.4, -0.2) is 14.7 Å². The Bertz CT molecular complexity index is 734. The minimum atomic E-state index is -2.97. The molecule has 1 aromatic heterocycles. The summed E-state index contributed by atoms with van der Waals surface area (Å²) in [4.78, 5) is 3.34. The molecule has 0 aliphatic rings. The first kappa shape index (κ1) is 6.05. The lowest BCUT2D eigenvalue weighted by Gasteiger charge is -2.13. The van der Waals surface area contributed by atoms with Crippen LogP contribution in [0, 0.1) is 0 Å². The second-order valence-electron chi connectivity index (χ2n) is 2.86. The smallest absolute Gasteiger partial charge is 0.104 e. The molecular formula is C11H10Cl2N2O. The Morgan fingerprint density at radius 2 is 2.44 bits per heavy atom. The second kappa shape index (κ2) is 4.87. The fraction of sp³-hybridized carbons (Fsp3) is 0.182. The minimum Gasteiger partial charge on any atom is -0.386 e. The maximum Gasteiger partial charge on any atom is 0.104 e. The highest BCUT2D eigenvalue weighted by molar-refractivity contribution is 6.35. The third-order valence-corrected chi connectivity index (χ3v) is 2.32. The van der Waals surface area contributed by atoms with Crippen molar-refractivity contribution in [1.82, 2.24) is 9.55 Å². The van der Waals surface area contributed by atoms with Crippen LogP contribution in [0.2, 0.25) is 10.0 Å². The van der Waals surface area contributed by atoms with E-state index in [-0.39, 0.29) is 15.6 Å². The number of aromatic nitrogens is 2. The van der Waals surface area contributed by atoms with Gasteiger partial charge in [0.25, 0.3) is 0 Å². The van der Waals surface area contributed by atoms with Gasteiger partial charge in [0.05, 0.1) is 25.7 Å². The first-order chi connectivity index (χ1) is 10.00. The molecule has 1 aromatic carbocycles. The average Bonchev–Trinajstić information content (AvgIpc) is 2.62. The van der Waals surface area contributed by atoms with Crippen LogP contribution in [0.5, 0.6) is 0 Å². The summed E-state index contributed by atoms with van der Waals surface area (Å²) in [6.07, 6.45) is -5.05. The summed E-state index contributed by atoms with van der Waals surface area (Å²) in [5, 5.41) is 10.5. The average molecular weight is 263 g/mol. The Balaban J connectivity index is 2.64. The Kier molecular flexibility index (Phi) is 1.84. The van der Waals surface area contributed by atoms with Gasteiger partial charge >= 0.3 is 0 Å². The van der Waals surface area contributed by atoms with E-state index in [4.69, 9.17) is 31.4 Å². The van der Waals surface area contributed by atoms with Crippen LogP contribution >= 0.6 is 23.2 Å². The van der Waals surface area contributed by atoms with Gasteiger partial charge in [-0.15, -0.1) is 0 Å².